The van der Waals surface area contributed by atoms with Crippen LogP contribution in [0, 0.1) is 6.92 Å². The van der Waals surface area contributed by atoms with Gasteiger partial charge >= 0.3 is 0 Å². The van der Waals surface area contributed by atoms with Crippen LogP contribution in [0.5, 0.6) is 5.75 Å². The second-order valence-electron chi connectivity index (χ2n) is 7.40. The smallest absolute Gasteiger partial charge is 0.262 e. The van der Waals surface area contributed by atoms with Crippen LogP contribution in [0.25, 0.3) is 10.9 Å². The van der Waals surface area contributed by atoms with E-state index < -0.39 is 0 Å². The summed E-state index contributed by atoms with van der Waals surface area (Å²) in [5.41, 5.74) is 3.70. The number of carbonyl (C=O) groups excluding carboxylic acids is 2. The Morgan fingerprint density at radius 2 is 1.78 bits per heavy atom. The van der Waals surface area contributed by atoms with Gasteiger partial charge in [-0.25, -0.2) is 0 Å². The summed E-state index contributed by atoms with van der Waals surface area (Å²) in [4.78, 5) is 30.1. The molecule has 4 rings (SSSR count). The molecule has 1 amide bonds. The van der Waals surface area contributed by atoms with Crippen molar-refractivity contribution in [3.63, 3.8) is 0 Å². The van der Waals surface area contributed by atoms with Gasteiger partial charge in [0.1, 0.15) is 5.75 Å². The molecule has 0 atom stereocenters. The number of nitrogens with zero attached hydrogens (tertiary/aromatic N) is 2. The number of benzene rings is 2. The van der Waals surface area contributed by atoms with Gasteiger partial charge in [-0.1, -0.05) is 11.6 Å². The number of nitrogens with one attached hydrogen (secondary N) is 1. The van der Waals surface area contributed by atoms with Gasteiger partial charge in [0.25, 0.3) is 5.91 Å². The van der Waals surface area contributed by atoms with E-state index in [0.29, 0.717) is 28.6 Å². The van der Waals surface area contributed by atoms with E-state index in [-0.39, 0.29) is 18.2 Å². The number of hydrogen-bond acceptors (Lipinski definition) is 4. The predicted molar refractivity (Wildman–Crippen MR) is 124 cm³/mol. The number of pyridine rings is 1. The molecule has 0 saturated carbocycles. The second-order valence-corrected chi connectivity index (χ2v) is 7.84. The van der Waals surface area contributed by atoms with Crippen molar-refractivity contribution in [2.75, 3.05) is 7.11 Å². The van der Waals surface area contributed by atoms with Crippen LogP contribution < -0.4 is 10.1 Å². The zero-order valence-corrected chi connectivity index (χ0v) is 18.5. The Balaban J connectivity index is 1.69. The molecule has 2 aromatic heterocycles. The highest BCUT2D eigenvalue weighted by atomic mass is 35.5. The number of amides is 1. The molecule has 6 nitrogen and oxygen atoms in total. The van der Waals surface area contributed by atoms with Crippen molar-refractivity contribution < 1.29 is 14.3 Å². The minimum Gasteiger partial charge on any atom is -0.497 e. The summed E-state index contributed by atoms with van der Waals surface area (Å²) in [5.74, 6) is 0.343. The predicted octanol–water partition coefficient (Wildman–Crippen LogP) is 4.55. The molecule has 2 heterocycles. The largest absolute Gasteiger partial charge is 0.497 e. The van der Waals surface area contributed by atoms with Crippen molar-refractivity contribution in [1.82, 2.24) is 14.9 Å². The molecular formula is C25H22ClN3O3. The Kier molecular flexibility index (Phi) is 6.23. The normalized spacial score (nSPS) is 10.8. The van der Waals surface area contributed by atoms with Crippen molar-refractivity contribution in [3.8, 4) is 5.75 Å². The van der Waals surface area contributed by atoms with E-state index in [9.17, 15) is 9.59 Å². The van der Waals surface area contributed by atoms with Gasteiger partial charge in [0.2, 0.25) is 5.91 Å². The minimum absolute atomic E-state index is 0.134. The maximum atomic E-state index is 13.3. The van der Waals surface area contributed by atoms with E-state index in [1.807, 2.05) is 31.2 Å². The van der Waals surface area contributed by atoms with Crippen LogP contribution in [0.15, 0.2) is 67.0 Å². The molecule has 0 fully saturated rings. The summed E-state index contributed by atoms with van der Waals surface area (Å²) >= 11 is 5.98. The van der Waals surface area contributed by atoms with Gasteiger partial charge in [-0.3, -0.25) is 19.1 Å². The van der Waals surface area contributed by atoms with Crippen molar-refractivity contribution >= 4 is 34.3 Å². The van der Waals surface area contributed by atoms with E-state index >= 15 is 0 Å². The van der Waals surface area contributed by atoms with Crippen LogP contribution in [0.3, 0.4) is 0 Å². The van der Waals surface area contributed by atoms with Crippen LogP contribution >= 0.6 is 11.6 Å². The van der Waals surface area contributed by atoms with Gasteiger partial charge in [0.15, 0.2) is 0 Å². The maximum Gasteiger partial charge on any atom is 0.262 e. The molecule has 32 heavy (non-hydrogen) atoms. The third kappa shape index (κ3) is 4.36. The van der Waals surface area contributed by atoms with Gasteiger partial charge in [-0.15, -0.1) is 0 Å². The van der Waals surface area contributed by atoms with Gasteiger partial charge in [-0.2, -0.15) is 0 Å². The lowest BCUT2D eigenvalue weighted by molar-refractivity contribution is -0.120. The van der Waals surface area contributed by atoms with Gasteiger partial charge < -0.3 is 10.1 Å². The summed E-state index contributed by atoms with van der Waals surface area (Å²) in [5, 5.41) is 4.31. The van der Waals surface area contributed by atoms with Gasteiger partial charge in [0.05, 0.1) is 19.0 Å². The Morgan fingerprint density at radius 1 is 1.06 bits per heavy atom. The lowest BCUT2D eigenvalue weighted by atomic mass is 10.1. The van der Waals surface area contributed by atoms with Crippen LogP contribution in [-0.2, 0) is 17.8 Å². The molecule has 4 aromatic rings. The molecule has 0 bridgehead atoms. The summed E-state index contributed by atoms with van der Waals surface area (Å²) < 4.78 is 7.02. The number of halogens is 1. The Hall–Kier alpha value is -3.64. The van der Waals surface area contributed by atoms with Crippen LogP contribution in [-0.4, -0.2) is 28.5 Å². The molecule has 0 aliphatic carbocycles. The monoisotopic (exact) mass is 447 g/mol. The number of fused-ring (bicyclic) bond motifs is 1. The topological polar surface area (TPSA) is 73.2 Å². The molecule has 7 heteroatoms. The Bertz CT molecular complexity index is 1280. The average molecular weight is 448 g/mol. The van der Waals surface area contributed by atoms with E-state index in [1.54, 1.807) is 54.4 Å². The highest BCUT2D eigenvalue weighted by molar-refractivity contribution is 6.30. The van der Waals surface area contributed by atoms with Crippen molar-refractivity contribution in [3.05, 3.63) is 94.4 Å². The molecule has 162 valence electrons. The number of hydrogen-bond donors (Lipinski definition) is 1. The molecule has 2 aromatic carbocycles. The van der Waals surface area contributed by atoms with Crippen molar-refractivity contribution in [1.29, 1.82) is 0 Å². The molecule has 0 aliphatic rings. The van der Waals surface area contributed by atoms with E-state index in [4.69, 9.17) is 16.3 Å². The lowest BCUT2D eigenvalue weighted by Crippen LogP contribution is -2.25. The van der Waals surface area contributed by atoms with Crippen LogP contribution in [0.2, 0.25) is 5.02 Å². The second kappa shape index (κ2) is 9.24. The summed E-state index contributed by atoms with van der Waals surface area (Å²) in [7, 11) is 1.59. The van der Waals surface area contributed by atoms with Crippen molar-refractivity contribution in [2.45, 2.75) is 19.9 Å². The van der Waals surface area contributed by atoms with Crippen LogP contribution in [0.1, 0.15) is 27.2 Å². The fourth-order valence-corrected chi connectivity index (χ4v) is 3.85. The first-order valence-corrected chi connectivity index (χ1v) is 10.5. The van der Waals surface area contributed by atoms with Crippen molar-refractivity contribution in [2.24, 2.45) is 0 Å². The molecule has 0 aliphatic heterocycles. The third-order valence-electron chi connectivity index (χ3n) is 5.41. The number of carbonyl (C=O) groups is 2. The third-order valence-corrected chi connectivity index (χ3v) is 5.66. The van der Waals surface area contributed by atoms with Gasteiger partial charge in [-0.05, 0) is 72.6 Å². The molecule has 0 saturated heterocycles. The number of aromatic nitrogens is 2. The number of ether oxygens (including phenoxy) is 1. The fourth-order valence-electron chi connectivity index (χ4n) is 3.72. The minimum atomic E-state index is -0.183. The molecule has 0 spiro atoms. The molecular weight excluding hydrogens is 426 g/mol. The summed E-state index contributed by atoms with van der Waals surface area (Å²) in [6, 6.07) is 16.0. The zero-order valence-electron chi connectivity index (χ0n) is 17.8. The van der Waals surface area contributed by atoms with Gasteiger partial charge in [0, 0.05) is 40.6 Å². The number of methoxy groups -OCH3 is 1. The molecule has 0 radical (unpaired) electrons. The Labute approximate surface area is 190 Å². The summed E-state index contributed by atoms with van der Waals surface area (Å²) in [6.45, 7) is 2.26. The zero-order chi connectivity index (χ0) is 22.7. The molecule has 0 unspecified atom stereocenters. The highest BCUT2D eigenvalue weighted by Gasteiger charge is 2.22. The lowest BCUT2D eigenvalue weighted by Gasteiger charge is -2.08. The average Bonchev–Trinajstić information content (AvgIpc) is 3.08. The van der Waals surface area contributed by atoms with E-state index in [0.717, 1.165) is 22.0 Å². The Morgan fingerprint density at radius 3 is 2.47 bits per heavy atom. The van der Waals surface area contributed by atoms with E-state index in [1.165, 1.54) is 0 Å². The highest BCUT2D eigenvalue weighted by Crippen LogP contribution is 2.31. The fraction of sp³-hybridized carbons (Fsp3) is 0.160. The van der Waals surface area contributed by atoms with E-state index in [2.05, 4.69) is 10.3 Å². The first-order chi connectivity index (χ1) is 15.5. The molecule has 1 N–H and O–H groups in total. The SMILES string of the molecule is COc1ccc2c(c1)c(CC(=O)NCc1ccncc1)c(C)n2C(=O)c1ccc(Cl)cc1. The quantitative estimate of drug-likeness (QED) is 0.470. The first-order valence-electron chi connectivity index (χ1n) is 10.1. The summed E-state index contributed by atoms with van der Waals surface area (Å²) in [6.07, 6.45) is 3.52. The standard InChI is InChI=1S/C25H22ClN3O3/c1-16-21(14-24(30)28-15-17-9-11-27-12-10-17)22-13-20(32-2)7-8-23(22)29(16)25(31)18-3-5-19(26)6-4-18/h3-13H,14-15H2,1-2H3,(H,28,30). The first kappa shape index (κ1) is 21.6. The number of rotatable bonds is 6. The maximum absolute atomic E-state index is 13.3. The van der Waals surface area contributed by atoms with Crippen LogP contribution in [0.4, 0.5) is 0 Å².